The van der Waals surface area contributed by atoms with Crippen molar-refractivity contribution in [1.29, 1.82) is 0 Å². The first kappa shape index (κ1) is 23.4. The number of hydrogen-bond donors (Lipinski definition) is 2. The molecule has 2 atom stereocenters. The van der Waals surface area contributed by atoms with E-state index < -0.39 is 17.6 Å². The van der Waals surface area contributed by atoms with E-state index in [-0.39, 0.29) is 30.4 Å². The highest BCUT2D eigenvalue weighted by Gasteiger charge is 2.51. The summed E-state index contributed by atoms with van der Waals surface area (Å²) in [5.41, 5.74) is 3.62. The lowest BCUT2D eigenvalue weighted by atomic mass is 9.74. The summed E-state index contributed by atoms with van der Waals surface area (Å²) in [5.74, 6) is -1.35. The van der Waals surface area contributed by atoms with Crippen LogP contribution in [0.1, 0.15) is 62.0 Å². The molecule has 0 spiro atoms. The zero-order chi connectivity index (χ0) is 24.6. The number of carbonyl (C=O) groups excluding carboxylic acids is 2. The lowest BCUT2D eigenvalue weighted by Gasteiger charge is -2.46. The molecular weight excluding hydrogens is 444 g/mol. The number of alkyl carbamates (subject to hydrolysis) is 1. The van der Waals surface area contributed by atoms with Gasteiger partial charge in [0.15, 0.2) is 0 Å². The molecule has 3 aliphatic rings. The summed E-state index contributed by atoms with van der Waals surface area (Å²) in [7, 11) is 1.61. The molecule has 2 saturated carbocycles. The second kappa shape index (κ2) is 9.36. The monoisotopic (exact) mass is 476 g/mol. The van der Waals surface area contributed by atoms with Crippen LogP contribution in [0.5, 0.6) is 0 Å². The highest BCUT2D eigenvalue weighted by Crippen LogP contribution is 2.44. The van der Waals surface area contributed by atoms with Crippen molar-refractivity contribution >= 4 is 18.0 Å². The quantitative estimate of drug-likeness (QED) is 0.638. The van der Waals surface area contributed by atoms with Crippen LogP contribution < -0.4 is 5.32 Å². The van der Waals surface area contributed by atoms with Gasteiger partial charge in [0.1, 0.15) is 12.1 Å². The van der Waals surface area contributed by atoms with Gasteiger partial charge in [0.05, 0.1) is 0 Å². The third kappa shape index (κ3) is 4.17. The number of hydrogen-bond acceptors (Lipinski definition) is 4. The van der Waals surface area contributed by atoms with Gasteiger partial charge in [-0.05, 0) is 60.8 Å². The second-order valence-electron chi connectivity index (χ2n) is 10.1. The minimum atomic E-state index is -1.07. The number of amides is 2. The van der Waals surface area contributed by atoms with E-state index in [1.807, 2.05) is 24.3 Å². The van der Waals surface area contributed by atoms with E-state index in [1.54, 1.807) is 7.05 Å². The third-order valence-corrected chi connectivity index (χ3v) is 8.24. The molecule has 2 fully saturated rings. The average molecular weight is 477 g/mol. The Balaban J connectivity index is 1.18. The van der Waals surface area contributed by atoms with Crippen molar-refractivity contribution in [3.8, 4) is 11.1 Å². The van der Waals surface area contributed by atoms with Gasteiger partial charge in [0.25, 0.3) is 0 Å². The smallest absolute Gasteiger partial charge is 0.407 e. The number of ether oxygens (including phenoxy) is 1. The van der Waals surface area contributed by atoms with Crippen molar-refractivity contribution in [3.63, 3.8) is 0 Å². The van der Waals surface area contributed by atoms with E-state index >= 15 is 0 Å². The molecule has 0 aliphatic heterocycles. The van der Waals surface area contributed by atoms with Crippen LogP contribution in [0.2, 0.25) is 0 Å². The SMILES string of the molecule is CN(C(=O)C1CCCC(NC(=O)OCC2c3ccccc3-c3ccccc32)C1)C1(C(=O)O)CCC1. The zero-order valence-corrected chi connectivity index (χ0v) is 20.0. The summed E-state index contributed by atoms with van der Waals surface area (Å²) in [6.45, 7) is 0.249. The summed E-state index contributed by atoms with van der Waals surface area (Å²) in [6.07, 6.45) is 4.14. The zero-order valence-electron chi connectivity index (χ0n) is 20.0. The summed E-state index contributed by atoms with van der Waals surface area (Å²) < 4.78 is 5.67. The predicted molar refractivity (Wildman–Crippen MR) is 131 cm³/mol. The number of aliphatic carboxylic acids is 1. The van der Waals surface area contributed by atoms with Crippen LogP contribution in [0, 0.1) is 5.92 Å². The number of carboxylic acids is 1. The summed E-state index contributed by atoms with van der Waals surface area (Å²) >= 11 is 0. The molecule has 0 bridgehead atoms. The molecule has 7 nitrogen and oxygen atoms in total. The average Bonchev–Trinajstić information content (AvgIpc) is 3.15. The van der Waals surface area contributed by atoms with Gasteiger partial charge in [-0.2, -0.15) is 0 Å². The fourth-order valence-corrected chi connectivity index (χ4v) is 6.04. The number of nitrogens with one attached hydrogen (secondary N) is 1. The molecule has 2 aromatic rings. The fraction of sp³-hybridized carbons (Fsp3) is 0.464. The lowest BCUT2D eigenvalue weighted by Crippen LogP contribution is -2.61. The van der Waals surface area contributed by atoms with Gasteiger partial charge in [-0.15, -0.1) is 0 Å². The van der Waals surface area contributed by atoms with Gasteiger partial charge in [-0.1, -0.05) is 55.0 Å². The van der Waals surface area contributed by atoms with E-state index in [1.165, 1.54) is 16.0 Å². The number of carbonyl (C=O) groups is 3. The molecule has 0 heterocycles. The van der Waals surface area contributed by atoms with Gasteiger partial charge >= 0.3 is 12.1 Å². The Morgan fingerprint density at radius 1 is 1.00 bits per heavy atom. The molecule has 0 aromatic heterocycles. The Morgan fingerprint density at radius 3 is 2.20 bits per heavy atom. The van der Waals surface area contributed by atoms with Crippen molar-refractivity contribution in [2.24, 2.45) is 5.92 Å². The van der Waals surface area contributed by atoms with Gasteiger partial charge in [0.2, 0.25) is 5.91 Å². The number of rotatable bonds is 6. The van der Waals surface area contributed by atoms with Crippen molar-refractivity contribution in [2.45, 2.75) is 62.4 Å². The van der Waals surface area contributed by atoms with E-state index in [4.69, 9.17) is 4.74 Å². The van der Waals surface area contributed by atoms with Crippen LogP contribution in [-0.4, -0.2) is 53.2 Å². The van der Waals surface area contributed by atoms with Gasteiger partial charge in [-0.3, -0.25) is 4.79 Å². The number of carboxylic acid groups (broad SMARTS) is 1. The molecule has 2 unspecified atom stereocenters. The maximum atomic E-state index is 13.1. The third-order valence-electron chi connectivity index (χ3n) is 8.24. The van der Waals surface area contributed by atoms with Crippen molar-refractivity contribution in [1.82, 2.24) is 10.2 Å². The van der Waals surface area contributed by atoms with Crippen molar-refractivity contribution < 1.29 is 24.2 Å². The summed E-state index contributed by atoms with van der Waals surface area (Å²) in [5, 5.41) is 12.6. The molecule has 0 radical (unpaired) electrons. The Labute approximate surface area is 205 Å². The number of nitrogens with zero attached hydrogens (tertiary/aromatic N) is 1. The minimum Gasteiger partial charge on any atom is -0.479 e. The van der Waals surface area contributed by atoms with Crippen molar-refractivity contribution in [2.75, 3.05) is 13.7 Å². The molecule has 2 N–H and O–H groups in total. The maximum Gasteiger partial charge on any atom is 0.407 e. The Hall–Kier alpha value is -3.35. The van der Waals surface area contributed by atoms with Crippen LogP contribution in [0.25, 0.3) is 11.1 Å². The van der Waals surface area contributed by atoms with Crippen LogP contribution in [0.4, 0.5) is 4.79 Å². The topological polar surface area (TPSA) is 95.9 Å². The van der Waals surface area contributed by atoms with E-state index in [2.05, 4.69) is 29.6 Å². The Kier molecular flexibility index (Phi) is 6.26. The molecule has 5 rings (SSSR count). The van der Waals surface area contributed by atoms with Gasteiger partial charge in [0, 0.05) is 24.9 Å². The molecule has 184 valence electrons. The molecule has 0 saturated heterocycles. The van der Waals surface area contributed by atoms with Crippen LogP contribution in [0.15, 0.2) is 48.5 Å². The number of likely N-dealkylation sites (N-methyl/N-ethyl adjacent to an activating group) is 1. The largest absolute Gasteiger partial charge is 0.479 e. The standard InChI is InChI=1S/C28H32N2O5/c1-30(28(26(32)33)14-7-15-28)25(31)18-8-6-9-19(16-18)29-27(34)35-17-24-22-12-4-2-10-20(22)21-11-3-5-13-23(21)24/h2-5,10-13,18-19,24H,6-9,14-17H2,1H3,(H,29,34)(H,32,33). The first-order chi connectivity index (χ1) is 16.9. The Morgan fingerprint density at radius 2 is 1.63 bits per heavy atom. The normalized spacial score (nSPS) is 22.3. The lowest BCUT2D eigenvalue weighted by molar-refractivity contribution is -0.166. The van der Waals surface area contributed by atoms with E-state index in [0.717, 1.165) is 30.4 Å². The molecule has 2 amide bonds. The summed E-state index contributed by atoms with van der Waals surface area (Å²) in [6, 6.07) is 16.3. The van der Waals surface area contributed by atoms with Crippen LogP contribution in [0.3, 0.4) is 0 Å². The van der Waals surface area contributed by atoms with E-state index in [9.17, 15) is 19.5 Å². The highest BCUT2D eigenvalue weighted by atomic mass is 16.5. The fourth-order valence-electron chi connectivity index (χ4n) is 6.04. The highest BCUT2D eigenvalue weighted by molar-refractivity contribution is 5.89. The number of fused-ring (bicyclic) bond motifs is 3. The predicted octanol–water partition coefficient (Wildman–Crippen LogP) is 4.55. The molecular formula is C28H32N2O5. The van der Waals surface area contributed by atoms with Crippen LogP contribution in [-0.2, 0) is 14.3 Å². The summed E-state index contributed by atoms with van der Waals surface area (Å²) in [4.78, 5) is 39.1. The van der Waals surface area contributed by atoms with Gasteiger partial charge < -0.3 is 20.1 Å². The second-order valence-corrected chi connectivity index (χ2v) is 10.1. The van der Waals surface area contributed by atoms with Crippen LogP contribution >= 0.6 is 0 Å². The number of benzene rings is 2. The van der Waals surface area contributed by atoms with Crippen molar-refractivity contribution in [3.05, 3.63) is 59.7 Å². The van der Waals surface area contributed by atoms with Gasteiger partial charge in [-0.25, -0.2) is 9.59 Å². The minimum absolute atomic E-state index is 0.00262. The maximum absolute atomic E-state index is 13.1. The molecule has 35 heavy (non-hydrogen) atoms. The molecule has 3 aliphatic carbocycles. The first-order valence-electron chi connectivity index (χ1n) is 12.5. The van der Waals surface area contributed by atoms with E-state index in [0.29, 0.717) is 25.7 Å². The molecule has 7 heteroatoms. The Bertz CT molecular complexity index is 1100. The first-order valence-corrected chi connectivity index (χ1v) is 12.5. The molecule has 2 aromatic carbocycles.